The summed E-state index contributed by atoms with van der Waals surface area (Å²) < 4.78 is 10.6. The second-order valence-electron chi connectivity index (χ2n) is 4.25. The van der Waals surface area contributed by atoms with E-state index < -0.39 is 0 Å². The van der Waals surface area contributed by atoms with Crippen LogP contribution in [-0.2, 0) is 6.54 Å². The van der Waals surface area contributed by atoms with Gasteiger partial charge in [0.05, 0.1) is 19.4 Å². The molecule has 0 saturated carbocycles. The van der Waals surface area contributed by atoms with E-state index in [4.69, 9.17) is 9.47 Å². The second-order valence-corrected chi connectivity index (χ2v) is 4.25. The van der Waals surface area contributed by atoms with Crippen LogP contribution in [0.3, 0.4) is 0 Å². The first-order valence-corrected chi connectivity index (χ1v) is 6.56. The molecule has 106 valence electrons. The fraction of sp³-hybridized carbons (Fsp3) is 0.250. The molecule has 0 fully saturated rings. The lowest BCUT2D eigenvalue weighted by Crippen LogP contribution is -2.03. The Morgan fingerprint density at radius 1 is 1.05 bits per heavy atom. The Bertz CT molecular complexity index is 569. The molecule has 2 rings (SSSR count). The number of phenolic OH excluding ortho intramolecular Hbond substituents is 1. The molecule has 0 saturated heterocycles. The molecule has 4 nitrogen and oxygen atoms in total. The maximum Gasteiger partial charge on any atom is 0.162 e. The molecule has 0 unspecified atom stereocenters. The molecular formula is C16H19NO3. The monoisotopic (exact) mass is 273 g/mol. The maximum atomic E-state index is 10.0. The first kappa shape index (κ1) is 14.1. The second kappa shape index (κ2) is 6.70. The molecule has 0 aromatic heterocycles. The van der Waals surface area contributed by atoms with E-state index in [1.807, 2.05) is 43.3 Å². The molecule has 0 heterocycles. The van der Waals surface area contributed by atoms with Gasteiger partial charge in [-0.25, -0.2) is 0 Å². The predicted molar refractivity (Wildman–Crippen MR) is 79.6 cm³/mol. The summed E-state index contributed by atoms with van der Waals surface area (Å²) in [6.07, 6.45) is 0. The predicted octanol–water partition coefficient (Wildman–Crippen LogP) is 3.41. The normalized spacial score (nSPS) is 10.1. The van der Waals surface area contributed by atoms with Gasteiger partial charge in [0.15, 0.2) is 11.5 Å². The zero-order chi connectivity index (χ0) is 14.4. The molecule has 0 spiro atoms. The lowest BCUT2D eigenvalue weighted by atomic mass is 10.1. The van der Waals surface area contributed by atoms with E-state index in [1.165, 1.54) is 7.11 Å². The molecule has 2 N–H and O–H groups in total. The molecule has 20 heavy (non-hydrogen) atoms. The summed E-state index contributed by atoms with van der Waals surface area (Å²) in [5.74, 6) is 1.44. The van der Waals surface area contributed by atoms with Crippen molar-refractivity contribution in [2.75, 3.05) is 19.0 Å². The molecule has 0 bridgehead atoms. The molecule has 4 heteroatoms. The fourth-order valence-corrected chi connectivity index (χ4v) is 1.96. The number of rotatable bonds is 6. The quantitative estimate of drug-likeness (QED) is 0.846. The summed E-state index contributed by atoms with van der Waals surface area (Å²) in [6, 6.07) is 13.2. The molecule has 0 atom stereocenters. The van der Waals surface area contributed by atoms with Crippen LogP contribution in [0.5, 0.6) is 17.2 Å². The average molecular weight is 273 g/mol. The van der Waals surface area contributed by atoms with E-state index in [1.54, 1.807) is 6.07 Å². The van der Waals surface area contributed by atoms with Crippen molar-refractivity contribution in [2.45, 2.75) is 13.5 Å². The summed E-state index contributed by atoms with van der Waals surface area (Å²) in [4.78, 5) is 0. The Balaban J connectivity index is 2.13. The van der Waals surface area contributed by atoms with Crippen LogP contribution in [0.25, 0.3) is 0 Å². The van der Waals surface area contributed by atoms with Gasteiger partial charge < -0.3 is 19.9 Å². The first-order chi connectivity index (χ1) is 9.76. The van der Waals surface area contributed by atoms with E-state index in [9.17, 15) is 5.11 Å². The van der Waals surface area contributed by atoms with Crippen LogP contribution in [0.15, 0.2) is 42.5 Å². The fourth-order valence-electron chi connectivity index (χ4n) is 1.96. The molecule has 0 aliphatic carbocycles. The number of hydrogen-bond acceptors (Lipinski definition) is 4. The Morgan fingerprint density at radius 2 is 1.80 bits per heavy atom. The minimum absolute atomic E-state index is 0.163. The van der Waals surface area contributed by atoms with Crippen LogP contribution >= 0.6 is 0 Å². The zero-order valence-electron chi connectivity index (χ0n) is 11.7. The number of benzene rings is 2. The Labute approximate surface area is 119 Å². The van der Waals surface area contributed by atoms with Crippen molar-refractivity contribution < 1.29 is 14.6 Å². The average Bonchev–Trinajstić information content (AvgIpc) is 2.48. The van der Waals surface area contributed by atoms with Crippen LogP contribution in [-0.4, -0.2) is 18.8 Å². The van der Waals surface area contributed by atoms with Crippen LogP contribution < -0.4 is 14.8 Å². The number of anilines is 1. The minimum atomic E-state index is 0.163. The van der Waals surface area contributed by atoms with Gasteiger partial charge in [-0.1, -0.05) is 24.3 Å². The largest absolute Gasteiger partial charge is 0.504 e. The van der Waals surface area contributed by atoms with Crippen LogP contribution in [0.1, 0.15) is 12.5 Å². The highest BCUT2D eigenvalue weighted by Crippen LogP contribution is 2.31. The molecule has 2 aromatic carbocycles. The third-order valence-electron chi connectivity index (χ3n) is 2.96. The van der Waals surface area contributed by atoms with Gasteiger partial charge in [0.25, 0.3) is 0 Å². The lowest BCUT2D eigenvalue weighted by Gasteiger charge is -2.13. The van der Waals surface area contributed by atoms with Crippen LogP contribution in [0.2, 0.25) is 0 Å². The maximum absolute atomic E-state index is 10.0. The number of aromatic hydroxyl groups is 1. The molecule has 0 aliphatic rings. The van der Waals surface area contributed by atoms with Gasteiger partial charge in [0, 0.05) is 12.1 Å². The van der Waals surface area contributed by atoms with Crippen molar-refractivity contribution in [3.8, 4) is 17.2 Å². The number of hydrogen-bond donors (Lipinski definition) is 2. The summed E-state index contributed by atoms with van der Waals surface area (Å²) in [7, 11) is 1.54. The van der Waals surface area contributed by atoms with Gasteiger partial charge in [0.1, 0.15) is 5.75 Å². The summed E-state index contributed by atoms with van der Waals surface area (Å²) in [5.41, 5.74) is 1.67. The molecule has 0 radical (unpaired) electrons. The van der Waals surface area contributed by atoms with Gasteiger partial charge >= 0.3 is 0 Å². The Hall–Kier alpha value is -2.36. The first-order valence-electron chi connectivity index (χ1n) is 6.56. The number of phenols is 1. The van der Waals surface area contributed by atoms with Gasteiger partial charge in [0.2, 0.25) is 0 Å². The number of para-hydroxylation sites is 3. The third-order valence-corrected chi connectivity index (χ3v) is 2.96. The van der Waals surface area contributed by atoms with Gasteiger partial charge in [-0.3, -0.25) is 0 Å². The zero-order valence-corrected chi connectivity index (χ0v) is 11.7. The van der Waals surface area contributed by atoms with Crippen molar-refractivity contribution >= 4 is 5.69 Å². The van der Waals surface area contributed by atoms with Crippen molar-refractivity contribution in [3.63, 3.8) is 0 Å². The van der Waals surface area contributed by atoms with E-state index in [-0.39, 0.29) is 5.75 Å². The van der Waals surface area contributed by atoms with Gasteiger partial charge in [-0.05, 0) is 25.1 Å². The topological polar surface area (TPSA) is 50.7 Å². The van der Waals surface area contributed by atoms with Crippen molar-refractivity contribution in [1.29, 1.82) is 0 Å². The smallest absolute Gasteiger partial charge is 0.162 e. The summed E-state index contributed by atoms with van der Waals surface area (Å²) in [6.45, 7) is 3.06. The minimum Gasteiger partial charge on any atom is -0.504 e. The standard InChI is InChI=1S/C16H19NO3/c1-3-20-14-9-5-4-8-13(14)17-11-12-7-6-10-15(19-2)16(12)18/h4-10,17-18H,3,11H2,1-2H3. The highest BCUT2D eigenvalue weighted by molar-refractivity contribution is 5.57. The Morgan fingerprint density at radius 3 is 2.55 bits per heavy atom. The van der Waals surface area contributed by atoms with Crippen LogP contribution in [0.4, 0.5) is 5.69 Å². The number of nitrogens with one attached hydrogen (secondary N) is 1. The van der Waals surface area contributed by atoms with Crippen LogP contribution in [0, 0.1) is 0 Å². The van der Waals surface area contributed by atoms with E-state index in [0.29, 0.717) is 18.9 Å². The van der Waals surface area contributed by atoms with Crippen molar-refractivity contribution in [1.82, 2.24) is 0 Å². The van der Waals surface area contributed by atoms with E-state index >= 15 is 0 Å². The van der Waals surface area contributed by atoms with Crippen molar-refractivity contribution in [3.05, 3.63) is 48.0 Å². The highest BCUT2D eigenvalue weighted by Gasteiger charge is 2.08. The molecule has 0 aliphatic heterocycles. The van der Waals surface area contributed by atoms with E-state index in [0.717, 1.165) is 17.0 Å². The van der Waals surface area contributed by atoms with Gasteiger partial charge in [-0.15, -0.1) is 0 Å². The summed E-state index contributed by atoms with van der Waals surface area (Å²) in [5, 5.41) is 13.3. The number of ether oxygens (including phenoxy) is 2. The molecular weight excluding hydrogens is 254 g/mol. The highest BCUT2D eigenvalue weighted by atomic mass is 16.5. The Kier molecular flexibility index (Phi) is 4.71. The van der Waals surface area contributed by atoms with Gasteiger partial charge in [-0.2, -0.15) is 0 Å². The SMILES string of the molecule is CCOc1ccccc1NCc1cccc(OC)c1O. The summed E-state index contributed by atoms with van der Waals surface area (Å²) >= 11 is 0. The third kappa shape index (κ3) is 3.15. The molecule has 2 aromatic rings. The number of methoxy groups -OCH3 is 1. The molecule has 0 amide bonds. The van der Waals surface area contributed by atoms with E-state index in [2.05, 4.69) is 5.32 Å². The van der Waals surface area contributed by atoms with Crippen molar-refractivity contribution in [2.24, 2.45) is 0 Å². The lowest BCUT2D eigenvalue weighted by molar-refractivity contribution is 0.341.